The Kier molecular flexibility index (Phi) is 8.12. The van der Waals surface area contributed by atoms with Gasteiger partial charge < -0.3 is 4.57 Å². The van der Waals surface area contributed by atoms with Gasteiger partial charge in [0, 0.05) is 33.2 Å². The van der Waals surface area contributed by atoms with Crippen molar-refractivity contribution in [1.29, 1.82) is 0 Å². The number of hydrogen-bond acceptors (Lipinski definition) is 3. The lowest BCUT2D eigenvalue weighted by Crippen LogP contribution is -2.01. The fourth-order valence-corrected chi connectivity index (χ4v) is 7.55. The first-order chi connectivity index (χ1) is 27.2. The summed E-state index contributed by atoms with van der Waals surface area (Å²) in [6.45, 7) is 0. The quantitative estimate of drug-likeness (QED) is 0.166. The Balaban J connectivity index is 1.21. The fourth-order valence-electron chi connectivity index (χ4n) is 7.55. The van der Waals surface area contributed by atoms with Crippen LogP contribution in [0.4, 0.5) is 0 Å². The maximum Gasteiger partial charge on any atom is 0.164 e. The standard InChI is InChI=1S/C51H34N4/c1-5-16-35(17-6-1)38-22-15-23-39(30-38)49-52-50(40-28-29-46-45-26-13-14-27-47(45)55(48(46)34-40)44-24-11-4-12-25-44)54-51(53-49)43-32-41(36-18-7-2-8-19-36)31-42(33-43)37-20-9-3-10-21-37/h1-34H. The van der Waals surface area contributed by atoms with E-state index in [2.05, 4.69) is 193 Å². The lowest BCUT2D eigenvalue weighted by Gasteiger charge is -2.13. The molecule has 0 bridgehead atoms. The molecule has 0 fully saturated rings. The van der Waals surface area contributed by atoms with Gasteiger partial charge in [0.25, 0.3) is 0 Å². The van der Waals surface area contributed by atoms with Crippen molar-refractivity contribution in [3.63, 3.8) is 0 Å². The molecule has 0 aliphatic carbocycles. The Morgan fingerprint density at radius 3 is 1.29 bits per heavy atom. The molecule has 2 heterocycles. The molecule has 0 saturated carbocycles. The van der Waals surface area contributed by atoms with Gasteiger partial charge in [-0.3, -0.25) is 0 Å². The van der Waals surface area contributed by atoms with Crippen LogP contribution in [0.3, 0.4) is 0 Å². The molecule has 8 aromatic carbocycles. The van der Waals surface area contributed by atoms with Crippen LogP contribution in [0.1, 0.15) is 0 Å². The van der Waals surface area contributed by atoms with Gasteiger partial charge in [-0.15, -0.1) is 0 Å². The van der Waals surface area contributed by atoms with Crippen LogP contribution in [0.5, 0.6) is 0 Å². The molecule has 0 aliphatic heterocycles. The van der Waals surface area contributed by atoms with Gasteiger partial charge in [-0.2, -0.15) is 0 Å². The van der Waals surface area contributed by atoms with Crippen molar-refractivity contribution in [1.82, 2.24) is 19.5 Å². The molecular formula is C51H34N4. The van der Waals surface area contributed by atoms with E-state index in [-0.39, 0.29) is 0 Å². The number of nitrogens with zero attached hydrogens (tertiary/aromatic N) is 4. The van der Waals surface area contributed by atoms with Gasteiger partial charge in [0.15, 0.2) is 17.5 Å². The first-order valence-electron chi connectivity index (χ1n) is 18.5. The van der Waals surface area contributed by atoms with Crippen LogP contribution >= 0.6 is 0 Å². The Labute approximate surface area is 319 Å². The van der Waals surface area contributed by atoms with Crippen molar-refractivity contribution >= 4 is 21.8 Å². The largest absolute Gasteiger partial charge is 0.309 e. The number of rotatable bonds is 7. The van der Waals surface area contributed by atoms with Crippen LogP contribution in [-0.2, 0) is 0 Å². The zero-order valence-corrected chi connectivity index (χ0v) is 29.9. The second-order valence-electron chi connectivity index (χ2n) is 13.7. The molecule has 2 aromatic heterocycles. The number of fused-ring (bicyclic) bond motifs is 3. The summed E-state index contributed by atoms with van der Waals surface area (Å²) in [6, 6.07) is 72.2. The minimum Gasteiger partial charge on any atom is -0.309 e. The highest BCUT2D eigenvalue weighted by atomic mass is 15.0. The second kappa shape index (κ2) is 13.8. The van der Waals surface area contributed by atoms with Gasteiger partial charge in [0.1, 0.15) is 0 Å². The smallest absolute Gasteiger partial charge is 0.164 e. The predicted molar refractivity (Wildman–Crippen MR) is 227 cm³/mol. The number of aromatic nitrogens is 4. The SMILES string of the molecule is c1ccc(-c2cccc(-c3nc(-c4cc(-c5ccccc5)cc(-c5ccccc5)c4)nc(-c4ccc5c6ccccc6n(-c6ccccc6)c5c4)n3)c2)cc1. The second-order valence-corrected chi connectivity index (χ2v) is 13.7. The number of hydrogen-bond donors (Lipinski definition) is 0. The minimum atomic E-state index is 0.614. The molecule has 0 radical (unpaired) electrons. The molecule has 4 nitrogen and oxygen atoms in total. The molecule has 10 rings (SSSR count). The maximum atomic E-state index is 5.28. The van der Waals surface area contributed by atoms with Crippen LogP contribution in [-0.4, -0.2) is 19.5 Å². The third-order valence-corrected chi connectivity index (χ3v) is 10.2. The molecule has 55 heavy (non-hydrogen) atoms. The van der Waals surface area contributed by atoms with Gasteiger partial charge in [0.2, 0.25) is 0 Å². The summed E-state index contributed by atoms with van der Waals surface area (Å²) in [4.78, 5) is 15.7. The summed E-state index contributed by atoms with van der Waals surface area (Å²) < 4.78 is 2.33. The third kappa shape index (κ3) is 6.16. The summed E-state index contributed by atoms with van der Waals surface area (Å²) in [5, 5.41) is 2.38. The minimum absolute atomic E-state index is 0.614. The Hall–Kier alpha value is -7.43. The van der Waals surface area contributed by atoms with E-state index >= 15 is 0 Å². The average molecular weight is 703 g/mol. The van der Waals surface area contributed by atoms with E-state index in [4.69, 9.17) is 15.0 Å². The topological polar surface area (TPSA) is 43.6 Å². The van der Waals surface area contributed by atoms with E-state index < -0.39 is 0 Å². The molecule has 0 N–H and O–H groups in total. The highest BCUT2D eigenvalue weighted by Gasteiger charge is 2.18. The van der Waals surface area contributed by atoms with E-state index in [0.717, 1.165) is 66.8 Å². The van der Waals surface area contributed by atoms with Gasteiger partial charge in [-0.05, 0) is 81.9 Å². The van der Waals surface area contributed by atoms with Crippen LogP contribution in [0.25, 0.3) is 95.0 Å². The molecule has 0 unspecified atom stereocenters. The van der Waals surface area contributed by atoms with Crippen molar-refractivity contribution < 1.29 is 0 Å². The lowest BCUT2D eigenvalue weighted by atomic mass is 9.96. The zero-order chi connectivity index (χ0) is 36.6. The van der Waals surface area contributed by atoms with Crippen molar-refractivity contribution in [2.45, 2.75) is 0 Å². The summed E-state index contributed by atoms with van der Waals surface area (Å²) in [5.41, 5.74) is 12.8. The molecular weight excluding hydrogens is 669 g/mol. The molecule has 0 aliphatic rings. The van der Waals surface area contributed by atoms with E-state index in [1.807, 2.05) is 18.2 Å². The van der Waals surface area contributed by atoms with E-state index in [1.165, 1.54) is 10.8 Å². The molecule has 0 saturated heterocycles. The number of benzene rings is 8. The zero-order valence-electron chi connectivity index (χ0n) is 29.9. The first kappa shape index (κ1) is 32.2. The molecule has 4 heteroatoms. The van der Waals surface area contributed by atoms with Gasteiger partial charge in [0.05, 0.1) is 11.0 Å². The van der Waals surface area contributed by atoms with Gasteiger partial charge >= 0.3 is 0 Å². The Morgan fingerprint density at radius 1 is 0.255 bits per heavy atom. The van der Waals surface area contributed by atoms with E-state index in [1.54, 1.807) is 0 Å². The summed E-state index contributed by atoms with van der Waals surface area (Å²) in [5.74, 6) is 1.85. The van der Waals surface area contributed by atoms with Crippen LogP contribution in [0.15, 0.2) is 206 Å². The first-order valence-corrected chi connectivity index (χ1v) is 18.5. The molecule has 0 spiro atoms. The van der Waals surface area contributed by atoms with Crippen LogP contribution in [0, 0.1) is 0 Å². The van der Waals surface area contributed by atoms with Crippen molar-refractivity contribution in [2.24, 2.45) is 0 Å². The summed E-state index contributed by atoms with van der Waals surface area (Å²) in [6.07, 6.45) is 0. The molecule has 0 amide bonds. The molecule has 258 valence electrons. The van der Waals surface area contributed by atoms with Gasteiger partial charge in [-0.1, -0.05) is 158 Å². The molecule has 0 atom stereocenters. The molecule has 10 aromatic rings. The number of para-hydroxylation sites is 2. The highest BCUT2D eigenvalue weighted by molar-refractivity contribution is 6.10. The van der Waals surface area contributed by atoms with Crippen LogP contribution in [0.2, 0.25) is 0 Å². The van der Waals surface area contributed by atoms with Crippen molar-refractivity contribution in [3.8, 4) is 73.2 Å². The van der Waals surface area contributed by atoms with Gasteiger partial charge in [-0.25, -0.2) is 15.0 Å². The summed E-state index contributed by atoms with van der Waals surface area (Å²) in [7, 11) is 0. The van der Waals surface area contributed by atoms with Crippen LogP contribution < -0.4 is 0 Å². The van der Waals surface area contributed by atoms with E-state index in [9.17, 15) is 0 Å². The normalized spacial score (nSPS) is 11.3. The maximum absolute atomic E-state index is 5.28. The average Bonchev–Trinajstić information content (AvgIpc) is 3.61. The lowest BCUT2D eigenvalue weighted by molar-refractivity contribution is 1.07. The van der Waals surface area contributed by atoms with Crippen molar-refractivity contribution in [2.75, 3.05) is 0 Å². The third-order valence-electron chi connectivity index (χ3n) is 10.2. The Bertz CT molecular complexity index is 2900. The van der Waals surface area contributed by atoms with Crippen molar-refractivity contribution in [3.05, 3.63) is 206 Å². The predicted octanol–water partition coefficient (Wildman–Crippen LogP) is 13.0. The monoisotopic (exact) mass is 702 g/mol. The van der Waals surface area contributed by atoms with E-state index in [0.29, 0.717) is 17.5 Å². The highest BCUT2D eigenvalue weighted by Crippen LogP contribution is 2.37. The summed E-state index contributed by atoms with van der Waals surface area (Å²) >= 11 is 0. The Morgan fingerprint density at radius 2 is 0.673 bits per heavy atom. The fraction of sp³-hybridized carbons (Fsp3) is 0.